The van der Waals surface area contributed by atoms with Gasteiger partial charge in [-0.2, -0.15) is 0 Å². The highest BCUT2D eigenvalue weighted by atomic mass is 28.4. The lowest BCUT2D eigenvalue weighted by molar-refractivity contribution is 0.0285. The Kier molecular flexibility index (Phi) is 5.93. The fraction of sp³-hybridized carbons (Fsp3) is 0.471. The van der Waals surface area contributed by atoms with E-state index in [1.165, 1.54) is 0 Å². The van der Waals surface area contributed by atoms with E-state index in [0.29, 0.717) is 12.2 Å². The summed E-state index contributed by atoms with van der Waals surface area (Å²) in [5.41, 5.74) is 0.539. The number of rotatable bonds is 6. The van der Waals surface area contributed by atoms with Gasteiger partial charge >= 0.3 is 5.97 Å². The second-order valence-corrected chi connectivity index (χ2v) is 11.4. The Hall–Kier alpha value is -1.39. The molecule has 116 valence electrons. The number of hydrogen-bond donors (Lipinski definition) is 0. The van der Waals surface area contributed by atoms with Crippen LogP contribution in [-0.4, -0.2) is 27.0 Å². The quantitative estimate of drug-likeness (QED) is 0.443. The van der Waals surface area contributed by atoms with Crippen LogP contribution in [0, 0.1) is 0 Å². The van der Waals surface area contributed by atoms with Crippen molar-refractivity contribution < 1.29 is 14.0 Å². The molecule has 0 aliphatic heterocycles. The summed E-state index contributed by atoms with van der Waals surface area (Å²) in [6, 6.07) is 8.95. The molecule has 0 spiro atoms. The third-order valence-corrected chi connectivity index (χ3v) is 8.45. The molecule has 0 aliphatic carbocycles. The molecule has 0 saturated heterocycles. The molecule has 1 aromatic carbocycles. The first kappa shape index (κ1) is 17.7. The van der Waals surface area contributed by atoms with Gasteiger partial charge in [-0.05, 0) is 36.3 Å². The van der Waals surface area contributed by atoms with Crippen molar-refractivity contribution in [2.75, 3.05) is 6.61 Å². The van der Waals surface area contributed by atoms with E-state index in [0.717, 1.165) is 0 Å². The van der Waals surface area contributed by atoms with Gasteiger partial charge in [0.15, 0.2) is 8.32 Å². The van der Waals surface area contributed by atoms with Crippen molar-refractivity contribution in [1.29, 1.82) is 0 Å². The summed E-state index contributed by atoms with van der Waals surface area (Å²) in [4.78, 5) is 12.0. The van der Waals surface area contributed by atoms with Crippen LogP contribution in [0.25, 0.3) is 0 Å². The van der Waals surface area contributed by atoms with E-state index >= 15 is 0 Å². The third-order valence-electron chi connectivity index (χ3n) is 3.95. The molecular formula is C17H26O3Si. The summed E-state index contributed by atoms with van der Waals surface area (Å²) in [5, 5.41) is 0.127. The van der Waals surface area contributed by atoms with Crippen molar-refractivity contribution >= 4 is 14.3 Å². The highest BCUT2D eigenvalue weighted by molar-refractivity contribution is 6.74. The standard InChI is InChI=1S/C17H26O3Si/c1-7-15(13-19-21(5,6)17(2,3)4)20-16(18)14-11-9-8-10-12-14/h7-12,15H,1,13H2,2-6H3. The van der Waals surface area contributed by atoms with Gasteiger partial charge in [0.2, 0.25) is 0 Å². The Bertz CT molecular complexity index is 475. The van der Waals surface area contributed by atoms with Crippen molar-refractivity contribution in [3.05, 3.63) is 48.6 Å². The van der Waals surface area contributed by atoms with Crippen LogP contribution in [0.4, 0.5) is 0 Å². The van der Waals surface area contributed by atoms with Crippen LogP contribution in [-0.2, 0) is 9.16 Å². The van der Waals surface area contributed by atoms with Crippen LogP contribution < -0.4 is 0 Å². The van der Waals surface area contributed by atoms with Crippen LogP contribution in [0.15, 0.2) is 43.0 Å². The minimum Gasteiger partial charge on any atom is -0.452 e. The van der Waals surface area contributed by atoms with Crippen molar-refractivity contribution in [2.24, 2.45) is 0 Å². The van der Waals surface area contributed by atoms with E-state index in [-0.39, 0.29) is 11.0 Å². The van der Waals surface area contributed by atoms with E-state index < -0.39 is 14.4 Å². The van der Waals surface area contributed by atoms with Crippen molar-refractivity contribution in [3.8, 4) is 0 Å². The highest BCUT2D eigenvalue weighted by Crippen LogP contribution is 2.36. The molecule has 0 N–H and O–H groups in total. The SMILES string of the molecule is C=CC(CO[Si](C)(C)C(C)(C)C)OC(=O)c1ccccc1. The minimum atomic E-state index is -1.85. The van der Waals surface area contributed by atoms with E-state index in [2.05, 4.69) is 40.4 Å². The first-order chi connectivity index (χ1) is 9.67. The minimum absolute atomic E-state index is 0.127. The molecule has 0 fully saturated rings. The molecule has 1 atom stereocenters. The van der Waals surface area contributed by atoms with Gasteiger partial charge in [0.1, 0.15) is 6.10 Å². The summed E-state index contributed by atoms with van der Waals surface area (Å²) in [5.74, 6) is -0.348. The Morgan fingerprint density at radius 3 is 2.33 bits per heavy atom. The van der Waals surface area contributed by atoms with Gasteiger partial charge in [0.25, 0.3) is 0 Å². The van der Waals surface area contributed by atoms with E-state index in [4.69, 9.17) is 9.16 Å². The molecule has 3 nitrogen and oxygen atoms in total. The molecule has 0 aromatic heterocycles. The molecule has 0 amide bonds. The summed E-state index contributed by atoms with van der Waals surface area (Å²) in [6.45, 7) is 15.0. The molecular weight excluding hydrogens is 280 g/mol. The van der Waals surface area contributed by atoms with Gasteiger partial charge < -0.3 is 9.16 Å². The molecule has 0 radical (unpaired) electrons. The molecule has 0 aliphatic rings. The molecule has 0 bridgehead atoms. The predicted octanol–water partition coefficient (Wildman–Crippen LogP) is 4.42. The van der Waals surface area contributed by atoms with Gasteiger partial charge in [-0.15, -0.1) is 0 Å². The number of benzene rings is 1. The summed E-state index contributed by atoms with van der Waals surface area (Å²) < 4.78 is 11.5. The molecule has 21 heavy (non-hydrogen) atoms. The molecule has 1 unspecified atom stereocenters. The smallest absolute Gasteiger partial charge is 0.338 e. The monoisotopic (exact) mass is 306 g/mol. The second kappa shape index (κ2) is 7.05. The fourth-order valence-electron chi connectivity index (χ4n) is 1.44. The lowest BCUT2D eigenvalue weighted by Gasteiger charge is -2.36. The summed E-state index contributed by atoms with van der Waals surface area (Å²) in [6.07, 6.45) is 1.19. The lowest BCUT2D eigenvalue weighted by atomic mass is 10.2. The fourth-order valence-corrected chi connectivity index (χ4v) is 2.45. The van der Waals surface area contributed by atoms with E-state index in [9.17, 15) is 4.79 Å². The highest BCUT2D eigenvalue weighted by Gasteiger charge is 2.37. The van der Waals surface area contributed by atoms with Crippen molar-refractivity contribution in [3.63, 3.8) is 0 Å². The van der Waals surface area contributed by atoms with Gasteiger partial charge in [0.05, 0.1) is 12.2 Å². The zero-order valence-electron chi connectivity index (χ0n) is 13.7. The van der Waals surface area contributed by atoms with Crippen LogP contribution in [0.1, 0.15) is 31.1 Å². The van der Waals surface area contributed by atoms with Gasteiger partial charge in [-0.3, -0.25) is 0 Å². The van der Waals surface area contributed by atoms with Crippen molar-refractivity contribution in [2.45, 2.75) is 45.0 Å². The molecule has 0 heterocycles. The zero-order valence-corrected chi connectivity index (χ0v) is 14.7. The Balaban J connectivity index is 2.61. The second-order valence-electron chi connectivity index (χ2n) is 6.62. The van der Waals surface area contributed by atoms with Gasteiger partial charge in [-0.25, -0.2) is 4.79 Å². The number of carbonyl (C=O) groups excluding carboxylic acids is 1. The Labute approximate surface area is 129 Å². The zero-order chi connectivity index (χ0) is 16.1. The Morgan fingerprint density at radius 2 is 1.86 bits per heavy atom. The average molecular weight is 306 g/mol. The lowest BCUT2D eigenvalue weighted by Crippen LogP contribution is -2.43. The predicted molar refractivity (Wildman–Crippen MR) is 89.0 cm³/mol. The largest absolute Gasteiger partial charge is 0.452 e. The average Bonchev–Trinajstić information content (AvgIpc) is 2.43. The summed E-state index contributed by atoms with van der Waals surface area (Å²) >= 11 is 0. The van der Waals surface area contributed by atoms with Gasteiger partial charge in [-0.1, -0.05) is 45.5 Å². The van der Waals surface area contributed by atoms with E-state index in [1.54, 1.807) is 18.2 Å². The summed E-state index contributed by atoms with van der Waals surface area (Å²) in [7, 11) is -1.85. The maximum Gasteiger partial charge on any atom is 0.338 e. The first-order valence-corrected chi connectivity index (χ1v) is 10.1. The number of ether oxygens (including phenoxy) is 1. The number of carbonyl (C=O) groups is 1. The van der Waals surface area contributed by atoms with Crippen LogP contribution >= 0.6 is 0 Å². The Morgan fingerprint density at radius 1 is 1.29 bits per heavy atom. The first-order valence-electron chi connectivity index (χ1n) is 7.20. The number of hydrogen-bond acceptors (Lipinski definition) is 3. The van der Waals surface area contributed by atoms with Crippen molar-refractivity contribution in [1.82, 2.24) is 0 Å². The maximum atomic E-state index is 12.0. The third kappa shape index (κ3) is 5.14. The molecule has 0 saturated carbocycles. The molecule has 1 rings (SSSR count). The number of esters is 1. The topological polar surface area (TPSA) is 35.5 Å². The normalized spacial score (nSPS) is 13.6. The van der Waals surface area contributed by atoms with Gasteiger partial charge in [0, 0.05) is 0 Å². The van der Waals surface area contributed by atoms with Crippen LogP contribution in [0.3, 0.4) is 0 Å². The molecule has 4 heteroatoms. The van der Waals surface area contributed by atoms with Crippen LogP contribution in [0.5, 0.6) is 0 Å². The van der Waals surface area contributed by atoms with E-state index in [1.807, 2.05) is 18.2 Å². The molecule has 1 aromatic rings. The maximum absolute atomic E-state index is 12.0. The van der Waals surface area contributed by atoms with Crippen LogP contribution in [0.2, 0.25) is 18.1 Å².